The van der Waals surface area contributed by atoms with Gasteiger partial charge in [0.25, 0.3) is 0 Å². The Morgan fingerprint density at radius 3 is 2.21 bits per heavy atom. The summed E-state index contributed by atoms with van der Waals surface area (Å²) in [7, 11) is 1.35. The number of hydrogen-bond acceptors (Lipinski definition) is 6. The van der Waals surface area contributed by atoms with Crippen LogP contribution < -0.4 is 16.0 Å². The Bertz CT molecular complexity index is 786. The number of benzene rings is 1. The van der Waals surface area contributed by atoms with Crippen molar-refractivity contribution < 1.29 is 28.6 Å². The van der Waals surface area contributed by atoms with Crippen LogP contribution in [0.5, 0.6) is 0 Å². The van der Waals surface area contributed by atoms with E-state index in [1.165, 1.54) is 7.11 Å². The van der Waals surface area contributed by atoms with Crippen LogP contribution in [0.1, 0.15) is 52.0 Å². The van der Waals surface area contributed by atoms with Crippen LogP contribution in [0.15, 0.2) is 30.3 Å². The van der Waals surface area contributed by atoms with Crippen LogP contribution in [0.4, 0.5) is 14.4 Å². The summed E-state index contributed by atoms with van der Waals surface area (Å²) in [5, 5.41) is 8.39. The first kappa shape index (κ1) is 26.3. The van der Waals surface area contributed by atoms with E-state index in [0.717, 1.165) is 24.8 Å². The maximum absolute atomic E-state index is 12.1. The van der Waals surface area contributed by atoms with Crippen LogP contribution in [0.3, 0.4) is 0 Å². The minimum Gasteiger partial charge on any atom is -0.453 e. The normalized spacial score (nSPS) is 21.4. The lowest BCUT2D eigenvalue weighted by Crippen LogP contribution is -2.50. The number of methoxy groups -OCH3 is 1. The molecule has 184 valence electrons. The van der Waals surface area contributed by atoms with Gasteiger partial charge in [0.05, 0.1) is 20.3 Å². The monoisotopic (exact) mass is 463 g/mol. The van der Waals surface area contributed by atoms with Crippen molar-refractivity contribution in [3.63, 3.8) is 0 Å². The molecule has 0 saturated heterocycles. The summed E-state index contributed by atoms with van der Waals surface area (Å²) < 4.78 is 15.0. The lowest BCUT2D eigenvalue weighted by Gasteiger charge is -2.46. The maximum atomic E-state index is 12.1. The Kier molecular flexibility index (Phi) is 9.81. The third kappa shape index (κ3) is 10.0. The molecule has 33 heavy (non-hydrogen) atoms. The molecule has 1 saturated carbocycles. The lowest BCUT2D eigenvalue weighted by atomic mass is 9.62. The minimum atomic E-state index is -0.509. The Morgan fingerprint density at radius 1 is 0.939 bits per heavy atom. The molecule has 0 aromatic heterocycles. The van der Waals surface area contributed by atoms with Crippen molar-refractivity contribution in [1.29, 1.82) is 0 Å². The third-order valence-electron chi connectivity index (χ3n) is 5.65. The predicted octanol–water partition coefficient (Wildman–Crippen LogP) is 3.97. The molecular formula is C24H37N3O6. The van der Waals surface area contributed by atoms with E-state index in [2.05, 4.69) is 36.7 Å². The number of ether oxygens (including phenoxy) is 3. The van der Waals surface area contributed by atoms with Crippen LogP contribution in [-0.4, -0.2) is 51.2 Å². The van der Waals surface area contributed by atoms with E-state index in [-0.39, 0.29) is 30.1 Å². The van der Waals surface area contributed by atoms with Crippen molar-refractivity contribution in [1.82, 2.24) is 16.0 Å². The fourth-order valence-corrected chi connectivity index (χ4v) is 4.64. The molecule has 0 bridgehead atoms. The second-order valence-electron chi connectivity index (χ2n) is 9.71. The van der Waals surface area contributed by atoms with E-state index in [1.807, 2.05) is 30.3 Å². The molecule has 1 aliphatic rings. The van der Waals surface area contributed by atoms with E-state index >= 15 is 0 Å². The van der Waals surface area contributed by atoms with Gasteiger partial charge in [-0.1, -0.05) is 51.1 Å². The molecule has 2 unspecified atom stereocenters. The van der Waals surface area contributed by atoms with Crippen LogP contribution in [-0.2, 0) is 20.8 Å². The number of alkyl carbamates (subject to hydrolysis) is 3. The molecule has 3 N–H and O–H groups in total. The second kappa shape index (κ2) is 12.3. The van der Waals surface area contributed by atoms with E-state index in [0.29, 0.717) is 19.5 Å². The molecule has 2 rings (SSSR count). The number of carbonyl (C=O) groups is 3. The highest BCUT2D eigenvalue weighted by Gasteiger charge is 2.42. The Hall–Kier alpha value is -2.97. The SMILES string of the molecule is COC(=O)NC1CC(C)(C)CC(C)(CNC(=O)OCCCOC(=O)NCc2ccccc2)C1. The highest BCUT2D eigenvalue weighted by Crippen LogP contribution is 2.45. The van der Waals surface area contributed by atoms with Crippen LogP contribution in [0, 0.1) is 10.8 Å². The average Bonchev–Trinajstić information content (AvgIpc) is 2.75. The molecular weight excluding hydrogens is 426 g/mol. The predicted molar refractivity (Wildman–Crippen MR) is 124 cm³/mol. The van der Waals surface area contributed by atoms with Gasteiger partial charge in [0.15, 0.2) is 0 Å². The smallest absolute Gasteiger partial charge is 0.407 e. The quantitative estimate of drug-likeness (QED) is 0.377. The standard InChI is InChI=1S/C24H37N3O6/c1-23(2)13-19(27-22(30)31-4)14-24(3,16-23)17-26-21(29)33-12-8-11-32-20(28)25-15-18-9-6-5-7-10-18/h5-7,9-10,19H,8,11-17H2,1-4H3,(H,25,28)(H,26,29)(H,27,30). The number of hydrogen-bond donors (Lipinski definition) is 3. The molecule has 1 fully saturated rings. The molecule has 0 spiro atoms. The Balaban J connectivity index is 1.62. The van der Waals surface area contributed by atoms with Crippen molar-refractivity contribution in [2.24, 2.45) is 10.8 Å². The van der Waals surface area contributed by atoms with E-state index in [1.54, 1.807) is 0 Å². The minimum absolute atomic E-state index is 0.0166. The molecule has 3 amide bonds. The molecule has 9 nitrogen and oxygen atoms in total. The largest absolute Gasteiger partial charge is 0.453 e. The summed E-state index contributed by atoms with van der Waals surface area (Å²) in [5.74, 6) is 0. The number of amides is 3. The van der Waals surface area contributed by atoms with Gasteiger partial charge < -0.3 is 30.2 Å². The van der Waals surface area contributed by atoms with Gasteiger partial charge in [-0.25, -0.2) is 14.4 Å². The van der Waals surface area contributed by atoms with Crippen LogP contribution in [0.2, 0.25) is 0 Å². The molecule has 0 heterocycles. The first-order chi connectivity index (χ1) is 15.6. The summed E-state index contributed by atoms with van der Waals surface area (Å²) >= 11 is 0. The van der Waals surface area contributed by atoms with Gasteiger partial charge in [0.2, 0.25) is 0 Å². The van der Waals surface area contributed by atoms with Crippen molar-refractivity contribution in [2.45, 2.75) is 59.0 Å². The Labute approximate surface area is 195 Å². The average molecular weight is 464 g/mol. The molecule has 0 radical (unpaired) electrons. The topological polar surface area (TPSA) is 115 Å². The zero-order valence-electron chi connectivity index (χ0n) is 20.1. The fourth-order valence-electron chi connectivity index (χ4n) is 4.64. The summed E-state index contributed by atoms with van der Waals surface area (Å²) in [6, 6.07) is 9.52. The number of carbonyl (C=O) groups excluding carboxylic acids is 3. The zero-order valence-corrected chi connectivity index (χ0v) is 20.1. The van der Waals surface area contributed by atoms with Gasteiger partial charge >= 0.3 is 18.3 Å². The van der Waals surface area contributed by atoms with Crippen molar-refractivity contribution >= 4 is 18.3 Å². The molecule has 1 aromatic carbocycles. The van der Waals surface area contributed by atoms with Crippen LogP contribution >= 0.6 is 0 Å². The number of rotatable bonds is 9. The molecule has 2 atom stereocenters. The van der Waals surface area contributed by atoms with Gasteiger partial charge in [-0.15, -0.1) is 0 Å². The summed E-state index contributed by atoms with van der Waals surface area (Å²) in [5.41, 5.74) is 0.812. The first-order valence-corrected chi connectivity index (χ1v) is 11.3. The lowest BCUT2D eigenvalue weighted by molar-refractivity contribution is 0.0638. The van der Waals surface area contributed by atoms with E-state index in [4.69, 9.17) is 14.2 Å². The molecule has 1 aliphatic carbocycles. The first-order valence-electron chi connectivity index (χ1n) is 11.3. The van der Waals surface area contributed by atoms with Crippen molar-refractivity contribution in [3.05, 3.63) is 35.9 Å². The zero-order chi connectivity index (χ0) is 24.3. The highest BCUT2D eigenvalue weighted by atomic mass is 16.6. The molecule has 9 heteroatoms. The second-order valence-corrected chi connectivity index (χ2v) is 9.71. The fraction of sp³-hybridized carbons (Fsp3) is 0.625. The maximum Gasteiger partial charge on any atom is 0.407 e. The van der Waals surface area contributed by atoms with E-state index in [9.17, 15) is 14.4 Å². The Morgan fingerprint density at radius 2 is 1.58 bits per heavy atom. The third-order valence-corrected chi connectivity index (χ3v) is 5.65. The molecule has 0 aliphatic heterocycles. The van der Waals surface area contributed by atoms with Gasteiger partial charge in [-0.3, -0.25) is 0 Å². The van der Waals surface area contributed by atoms with E-state index < -0.39 is 18.3 Å². The highest BCUT2D eigenvalue weighted by molar-refractivity contribution is 5.68. The van der Waals surface area contributed by atoms with Gasteiger partial charge in [-0.05, 0) is 35.7 Å². The van der Waals surface area contributed by atoms with Gasteiger partial charge in [-0.2, -0.15) is 0 Å². The van der Waals surface area contributed by atoms with Gasteiger partial charge in [0.1, 0.15) is 0 Å². The summed E-state index contributed by atoms with van der Waals surface area (Å²) in [6.45, 7) is 7.54. The summed E-state index contributed by atoms with van der Waals surface area (Å²) in [4.78, 5) is 35.4. The number of nitrogens with one attached hydrogen (secondary N) is 3. The van der Waals surface area contributed by atoms with Crippen molar-refractivity contribution in [3.8, 4) is 0 Å². The van der Waals surface area contributed by atoms with Crippen molar-refractivity contribution in [2.75, 3.05) is 26.9 Å². The van der Waals surface area contributed by atoms with Gasteiger partial charge in [0, 0.05) is 25.6 Å². The molecule has 1 aromatic rings. The van der Waals surface area contributed by atoms with Crippen LogP contribution in [0.25, 0.3) is 0 Å². The summed E-state index contributed by atoms with van der Waals surface area (Å²) in [6.07, 6.45) is 1.44.